The van der Waals surface area contributed by atoms with E-state index in [1.54, 1.807) is 0 Å². The molecule has 0 unspecified atom stereocenters. The van der Waals surface area contributed by atoms with Crippen LogP contribution in [-0.4, -0.2) is 28.4 Å². The van der Waals surface area contributed by atoms with E-state index < -0.39 is 0 Å². The van der Waals surface area contributed by atoms with Gasteiger partial charge in [-0.15, -0.1) is 0 Å². The van der Waals surface area contributed by atoms with E-state index in [4.69, 9.17) is 14.5 Å². The lowest BCUT2D eigenvalue weighted by Gasteiger charge is -2.53. The van der Waals surface area contributed by atoms with Crippen LogP contribution in [0, 0.1) is 23.7 Å². The topological polar surface area (TPSA) is 45.5 Å². The fourth-order valence-electron chi connectivity index (χ4n) is 7.36. The summed E-state index contributed by atoms with van der Waals surface area (Å²) in [6.07, 6.45) is 18.9. The van der Waals surface area contributed by atoms with Crippen molar-refractivity contribution in [3.8, 4) is 5.75 Å². The molecule has 33 heavy (non-hydrogen) atoms. The number of aryl methyl sites for hydroxylation is 1. The number of hydrogen-bond acceptors (Lipinski definition) is 4. The van der Waals surface area contributed by atoms with Crippen LogP contribution < -0.4 is 4.74 Å². The second-order valence-electron chi connectivity index (χ2n) is 11.1. The highest BCUT2D eigenvalue weighted by Gasteiger charge is 2.49. The monoisotopic (exact) mass is 450 g/mol. The first-order valence-electron chi connectivity index (χ1n) is 13.3. The molecule has 0 saturated heterocycles. The summed E-state index contributed by atoms with van der Waals surface area (Å²) in [5.41, 5.74) is 1.43. The predicted octanol–water partition coefficient (Wildman–Crippen LogP) is 6.15. The average molecular weight is 451 g/mol. The highest BCUT2D eigenvalue weighted by molar-refractivity contribution is 5.29. The molecule has 0 N–H and O–H groups in total. The summed E-state index contributed by atoms with van der Waals surface area (Å²) < 4.78 is 8.01. The number of nitrogens with zero attached hydrogens (tertiary/aromatic N) is 2. The molecule has 5 aliphatic carbocycles. The maximum atomic E-state index is 6.16. The molecule has 5 fully saturated rings. The maximum absolute atomic E-state index is 6.16. The van der Waals surface area contributed by atoms with Gasteiger partial charge < -0.3 is 9.30 Å². The van der Waals surface area contributed by atoms with Crippen LogP contribution in [0.15, 0.2) is 43.0 Å². The zero-order chi connectivity index (χ0) is 22.0. The van der Waals surface area contributed by atoms with E-state index in [1.165, 1.54) is 50.5 Å². The number of rotatable bonds is 9. The normalized spacial score (nSPS) is 35.1. The smallest absolute Gasteiger partial charge is 0.119 e. The highest BCUT2D eigenvalue weighted by Crippen LogP contribution is 2.54. The molecule has 0 atom stereocenters. The molecule has 0 spiro atoms. The Bertz CT molecular complexity index is 845. The molecule has 1 heterocycles. The Morgan fingerprint density at radius 1 is 0.848 bits per heavy atom. The summed E-state index contributed by atoms with van der Waals surface area (Å²) in [5, 5.41) is 0. The van der Waals surface area contributed by atoms with Crippen molar-refractivity contribution in [2.24, 2.45) is 23.7 Å². The summed E-state index contributed by atoms with van der Waals surface area (Å²) in [7, 11) is 0. The van der Waals surface area contributed by atoms with Crippen molar-refractivity contribution in [3.05, 3.63) is 48.5 Å². The molecule has 0 radical (unpaired) electrons. The van der Waals surface area contributed by atoms with Gasteiger partial charge in [0.15, 0.2) is 0 Å². The Morgan fingerprint density at radius 2 is 1.58 bits per heavy atom. The lowest BCUT2D eigenvalue weighted by Crippen LogP contribution is -2.49. The molecule has 5 nitrogen and oxygen atoms in total. The molecule has 1 aromatic carbocycles. The molecule has 1 aromatic heterocycles. The van der Waals surface area contributed by atoms with Crippen LogP contribution in [0.5, 0.6) is 5.75 Å². The third-order valence-corrected chi connectivity index (χ3v) is 8.86. The van der Waals surface area contributed by atoms with Gasteiger partial charge in [-0.05, 0) is 111 Å². The molecule has 178 valence electrons. The van der Waals surface area contributed by atoms with E-state index in [9.17, 15) is 0 Å². The molecule has 7 rings (SSSR count). The molecule has 5 aliphatic rings. The van der Waals surface area contributed by atoms with Crippen LogP contribution in [-0.2, 0) is 16.3 Å². The summed E-state index contributed by atoms with van der Waals surface area (Å²) in [6, 6.07) is 8.76. The van der Waals surface area contributed by atoms with E-state index in [0.717, 1.165) is 61.8 Å². The first-order valence-corrected chi connectivity index (χ1v) is 13.3. The standard InChI is InChI=1S/C28H38N2O3/c1(11-30-12-10-29-19-30)13-31-26-6-2-22(3-7-26)23-4-8-27(9-5-23)32-33-28-24-15-20-14-21(17-24)18-25(28)16-20/h2-3,6-7,10,12,19-21,23-25,27-28H,1,4-5,8-9,11,13-18H2. The van der Waals surface area contributed by atoms with Gasteiger partial charge in [0, 0.05) is 18.9 Å². The summed E-state index contributed by atoms with van der Waals surface area (Å²) >= 11 is 0. The Balaban J connectivity index is 0.917. The Labute approximate surface area is 197 Å². The van der Waals surface area contributed by atoms with E-state index in [0.29, 0.717) is 12.0 Å². The van der Waals surface area contributed by atoms with Gasteiger partial charge in [0.05, 0.1) is 25.1 Å². The van der Waals surface area contributed by atoms with Gasteiger partial charge in [0.2, 0.25) is 0 Å². The van der Waals surface area contributed by atoms with Crippen molar-refractivity contribution in [3.63, 3.8) is 0 Å². The molecular weight excluding hydrogens is 412 g/mol. The van der Waals surface area contributed by atoms with Crippen LogP contribution in [0.3, 0.4) is 0 Å². The number of benzene rings is 1. The summed E-state index contributed by atoms with van der Waals surface area (Å²) in [4.78, 5) is 16.3. The highest BCUT2D eigenvalue weighted by atomic mass is 17.2. The van der Waals surface area contributed by atoms with Gasteiger partial charge >= 0.3 is 0 Å². The van der Waals surface area contributed by atoms with Crippen molar-refractivity contribution in [1.82, 2.24) is 9.55 Å². The van der Waals surface area contributed by atoms with Gasteiger partial charge in [-0.1, -0.05) is 12.1 Å². The quantitative estimate of drug-likeness (QED) is 0.261. The Morgan fingerprint density at radius 3 is 2.24 bits per heavy atom. The second kappa shape index (κ2) is 9.79. The van der Waals surface area contributed by atoms with Crippen molar-refractivity contribution in [2.45, 2.75) is 88.9 Å². The molecular formula is C28H38N2O3. The van der Waals surface area contributed by atoms with Crippen molar-refractivity contribution >= 4 is 0 Å². The number of aromatic nitrogens is 2. The van der Waals surface area contributed by atoms with E-state index in [2.05, 4.69) is 33.8 Å². The Hall–Kier alpha value is -1.85. The third-order valence-electron chi connectivity index (χ3n) is 8.86. The lowest BCUT2D eigenvalue weighted by atomic mass is 9.55. The third kappa shape index (κ3) is 5.00. The van der Waals surface area contributed by atoms with Gasteiger partial charge in [0.25, 0.3) is 0 Å². The minimum Gasteiger partial charge on any atom is -0.494 e. The zero-order valence-corrected chi connectivity index (χ0v) is 19.7. The SMILES string of the molecule is c1cn(CCCOc2ccc(C3CCC(OOC4C5CC6CC(C5)CC4C6)CC3)cc2)cn1. The van der Waals surface area contributed by atoms with E-state index >= 15 is 0 Å². The largest absolute Gasteiger partial charge is 0.494 e. The molecule has 4 bridgehead atoms. The van der Waals surface area contributed by atoms with Crippen LogP contribution in [0.4, 0.5) is 0 Å². The van der Waals surface area contributed by atoms with Crippen LogP contribution in [0.25, 0.3) is 0 Å². The van der Waals surface area contributed by atoms with Gasteiger partial charge in [-0.3, -0.25) is 0 Å². The molecule has 0 amide bonds. The van der Waals surface area contributed by atoms with Gasteiger partial charge in [-0.2, -0.15) is 0 Å². The molecule has 0 aliphatic heterocycles. The fraction of sp³-hybridized carbons (Fsp3) is 0.679. The Kier molecular flexibility index (Phi) is 6.43. The van der Waals surface area contributed by atoms with Gasteiger partial charge in [-0.25, -0.2) is 14.8 Å². The fourth-order valence-corrected chi connectivity index (χ4v) is 7.36. The van der Waals surface area contributed by atoms with E-state index in [1.807, 2.05) is 18.7 Å². The predicted molar refractivity (Wildman–Crippen MR) is 127 cm³/mol. The van der Waals surface area contributed by atoms with Crippen LogP contribution >= 0.6 is 0 Å². The molecule has 5 saturated carbocycles. The van der Waals surface area contributed by atoms with Gasteiger partial charge in [0.1, 0.15) is 5.75 Å². The van der Waals surface area contributed by atoms with Crippen LogP contribution in [0.2, 0.25) is 0 Å². The second-order valence-corrected chi connectivity index (χ2v) is 11.1. The first-order chi connectivity index (χ1) is 16.3. The van der Waals surface area contributed by atoms with E-state index in [-0.39, 0.29) is 6.10 Å². The first kappa shape index (κ1) is 21.7. The summed E-state index contributed by atoms with van der Waals surface area (Å²) in [5.74, 6) is 5.10. The van der Waals surface area contributed by atoms with Crippen molar-refractivity contribution in [2.75, 3.05) is 6.61 Å². The maximum Gasteiger partial charge on any atom is 0.119 e. The van der Waals surface area contributed by atoms with Crippen molar-refractivity contribution < 1.29 is 14.5 Å². The summed E-state index contributed by atoms with van der Waals surface area (Å²) in [6.45, 7) is 1.67. The average Bonchev–Trinajstić information content (AvgIpc) is 3.36. The molecule has 2 aromatic rings. The molecule has 5 heteroatoms. The minimum atomic E-state index is 0.275. The zero-order valence-electron chi connectivity index (χ0n) is 19.7. The number of imidazole rings is 1. The lowest BCUT2D eigenvalue weighted by molar-refractivity contribution is -0.383. The minimum absolute atomic E-state index is 0.275. The number of ether oxygens (including phenoxy) is 1. The number of hydrogen-bond donors (Lipinski definition) is 0. The van der Waals surface area contributed by atoms with Crippen LogP contribution in [0.1, 0.15) is 75.7 Å². The van der Waals surface area contributed by atoms with Crippen molar-refractivity contribution in [1.29, 1.82) is 0 Å².